The second-order valence-electron chi connectivity index (χ2n) is 5.83. The van der Waals surface area contributed by atoms with Crippen LogP contribution in [0.3, 0.4) is 0 Å². The number of morpholine rings is 1. The lowest BCUT2D eigenvalue weighted by molar-refractivity contribution is -0.141. The molecule has 7 heteroatoms. The third-order valence-electron chi connectivity index (χ3n) is 4.02. The molecule has 0 unspecified atom stereocenters. The molecule has 1 aromatic heterocycles. The maximum absolute atomic E-state index is 12.7. The van der Waals surface area contributed by atoms with Gasteiger partial charge in [0.2, 0.25) is 0 Å². The first-order valence-electron chi connectivity index (χ1n) is 7.91. The minimum atomic E-state index is -4.56. The lowest BCUT2D eigenvalue weighted by Crippen LogP contribution is -2.33. The first kappa shape index (κ1) is 17.6. The fourth-order valence-electron chi connectivity index (χ4n) is 2.68. The highest BCUT2D eigenvalue weighted by atomic mass is 19.4. The van der Waals surface area contributed by atoms with Crippen LogP contribution in [0.4, 0.5) is 13.2 Å². The topological polar surface area (TPSA) is 51.2 Å². The van der Waals surface area contributed by atoms with Crippen LogP contribution in [0.1, 0.15) is 33.3 Å². The minimum absolute atomic E-state index is 0.00575. The highest BCUT2D eigenvalue weighted by molar-refractivity contribution is 5.97. The maximum Gasteiger partial charge on any atom is 0.433 e. The Morgan fingerprint density at radius 3 is 2.64 bits per heavy atom. The quantitative estimate of drug-likeness (QED) is 0.861. The van der Waals surface area contributed by atoms with Gasteiger partial charge in [0, 0.05) is 31.3 Å². The Balaban J connectivity index is 1.68. The Morgan fingerprint density at radius 1 is 1.24 bits per heavy atom. The molecule has 25 heavy (non-hydrogen) atoms. The van der Waals surface area contributed by atoms with Crippen molar-refractivity contribution in [3.05, 3.63) is 65.0 Å². The van der Waals surface area contributed by atoms with Gasteiger partial charge >= 0.3 is 6.18 Å². The number of Topliss-reactive ketones (excluding diaryl/α,β-unsaturated/α-hetero) is 1. The van der Waals surface area contributed by atoms with Crippen LogP contribution in [0.15, 0.2) is 42.6 Å². The number of ether oxygens (including phenoxy) is 1. The molecule has 1 fully saturated rings. The van der Waals surface area contributed by atoms with Gasteiger partial charge in [-0.25, -0.2) is 0 Å². The van der Waals surface area contributed by atoms with Crippen molar-refractivity contribution in [2.75, 3.05) is 19.7 Å². The first-order chi connectivity index (χ1) is 11.9. The molecule has 1 aliphatic rings. The minimum Gasteiger partial charge on any atom is -0.371 e. The molecule has 0 bridgehead atoms. The number of carbonyl (C=O) groups excluding carboxylic acids is 1. The Morgan fingerprint density at radius 2 is 2.00 bits per heavy atom. The van der Waals surface area contributed by atoms with E-state index in [1.807, 2.05) is 12.1 Å². The van der Waals surface area contributed by atoms with Gasteiger partial charge < -0.3 is 10.1 Å². The Labute approximate surface area is 143 Å². The molecular weight excluding hydrogens is 333 g/mol. The Hall–Kier alpha value is -2.25. The number of alkyl halides is 3. The monoisotopic (exact) mass is 350 g/mol. The van der Waals surface area contributed by atoms with E-state index >= 15 is 0 Å². The summed E-state index contributed by atoms with van der Waals surface area (Å²) < 4.78 is 43.7. The number of ketones is 1. The van der Waals surface area contributed by atoms with Gasteiger partial charge in [-0.05, 0) is 23.3 Å². The van der Waals surface area contributed by atoms with Gasteiger partial charge in [0.15, 0.2) is 5.78 Å². The highest BCUT2D eigenvalue weighted by Crippen LogP contribution is 2.28. The number of rotatable bonds is 4. The fourth-order valence-corrected chi connectivity index (χ4v) is 2.68. The van der Waals surface area contributed by atoms with E-state index in [1.165, 1.54) is 6.07 Å². The largest absolute Gasteiger partial charge is 0.433 e. The molecular formula is C18H17F3N2O2. The summed E-state index contributed by atoms with van der Waals surface area (Å²) in [5, 5.41) is 3.24. The second kappa shape index (κ2) is 7.33. The average Bonchev–Trinajstić information content (AvgIpc) is 2.62. The number of hydrogen-bond donors (Lipinski definition) is 1. The van der Waals surface area contributed by atoms with Crippen LogP contribution in [0.2, 0.25) is 0 Å². The zero-order valence-corrected chi connectivity index (χ0v) is 13.3. The summed E-state index contributed by atoms with van der Waals surface area (Å²) in [6.07, 6.45) is -3.54. The number of hydrogen-bond acceptors (Lipinski definition) is 4. The maximum atomic E-state index is 12.7. The van der Waals surface area contributed by atoms with Crippen molar-refractivity contribution in [1.29, 1.82) is 0 Å². The van der Waals surface area contributed by atoms with Crippen LogP contribution in [-0.2, 0) is 17.3 Å². The van der Waals surface area contributed by atoms with Gasteiger partial charge in [0.25, 0.3) is 0 Å². The normalized spacial score (nSPS) is 18.1. The number of benzene rings is 1. The Kier molecular flexibility index (Phi) is 5.15. The van der Waals surface area contributed by atoms with E-state index in [4.69, 9.17) is 4.74 Å². The van der Waals surface area contributed by atoms with E-state index in [0.717, 1.165) is 36.5 Å². The SMILES string of the molecule is O=C(Cc1ccc([C@H]2CNCCO2)cc1)c1ccnc(C(F)(F)F)c1. The molecule has 0 radical (unpaired) electrons. The molecule has 132 valence electrons. The molecule has 1 atom stereocenters. The zero-order valence-electron chi connectivity index (χ0n) is 13.3. The van der Waals surface area contributed by atoms with Crippen LogP contribution in [-0.4, -0.2) is 30.5 Å². The summed E-state index contributed by atoms with van der Waals surface area (Å²) >= 11 is 0. The average molecular weight is 350 g/mol. The van der Waals surface area contributed by atoms with Crippen LogP contribution in [0, 0.1) is 0 Å². The number of nitrogens with one attached hydrogen (secondary N) is 1. The van der Waals surface area contributed by atoms with Crippen LogP contribution >= 0.6 is 0 Å². The van der Waals surface area contributed by atoms with Crippen LogP contribution < -0.4 is 5.32 Å². The van der Waals surface area contributed by atoms with Gasteiger partial charge in [-0.3, -0.25) is 9.78 Å². The smallest absolute Gasteiger partial charge is 0.371 e. The summed E-state index contributed by atoms with van der Waals surface area (Å²) in [7, 11) is 0. The molecule has 3 rings (SSSR count). The molecule has 0 spiro atoms. The fraction of sp³-hybridized carbons (Fsp3) is 0.333. The number of pyridine rings is 1. The molecule has 4 nitrogen and oxygen atoms in total. The summed E-state index contributed by atoms with van der Waals surface area (Å²) in [6.45, 7) is 2.21. The van der Waals surface area contributed by atoms with Gasteiger partial charge in [0.1, 0.15) is 5.69 Å². The van der Waals surface area contributed by atoms with Crippen molar-refractivity contribution in [2.45, 2.75) is 18.7 Å². The molecule has 1 aliphatic heterocycles. The predicted octanol–water partition coefficient (Wildman–Crippen LogP) is 3.19. The van der Waals surface area contributed by atoms with Crippen molar-refractivity contribution in [1.82, 2.24) is 10.3 Å². The number of aromatic nitrogens is 1. The zero-order chi connectivity index (χ0) is 17.9. The molecule has 2 heterocycles. The second-order valence-corrected chi connectivity index (χ2v) is 5.83. The number of halogens is 3. The lowest BCUT2D eigenvalue weighted by atomic mass is 10.0. The van der Waals surface area contributed by atoms with E-state index in [0.29, 0.717) is 6.61 Å². The molecule has 1 saturated heterocycles. The lowest BCUT2D eigenvalue weighted by Gasteiger charge is -2.24. The molecule has 0 saturated carbocycles. The van der Waals surface area contributed by atoms with Crippen molar-refractivity contribution >= 4 is 5.78 Å². The van der Waals surface area contributed by atoms with Gasteiger partial charge in [-0.15, -0.1) is 0 Å². The summed E-state index contributed by atoms with van der Waals surface area (Å²) in [6, 6.07) is 9.46. The Bertz CT molecular complexity index is 739. The third-order valence-corrected chi connectivity index (χ3v) is 4.02. The van der Waals surface area contributed by atoms with E-state index in [-0.39, 0.29) is 23.9 Å². The van der Waals surface area contributed by atoms with Crippen molar-refractivity contribution in [2.24, 2.45) is 0 Å². The number of carbonyl (C=O) groups is 1. The molecule has 0 aliphatic carbocycles. The van der Waals surface area contributed by atoms with Crippen LogP contribution in [0.25, 0.3) is 0 Å². The van der Waals surface area contributed by atoms with Crippen molar-refractivity contribution in [3.8, 4) is 0 Å². The van der Waals surface area contributed by atoms with E-state index < -0.39 is 11.9 Å². The summed E-state index contributed by atoms with van der Waals surface area (Å²) in [4.78, 5) is 15.5. The standard InChI is InChI=1S/C18H17F3N2O2/c19-18(20,21)17-10-14(5-6-23-17)15(24)9-12-1-3-13(4-2-12)16-11-22-7-8-25-16/h1-6,10,16,22H,7-9,11H2/t16-/m1/s1. The summed E-state index contributed by atoms with van der Waals surface area (Å²) in [5.74, 6) is -0.378. The first-order valence-corrected chi connectivity index (χ1v) is 7.91. The highest BCUT2D eigenvalue weighted by Gasteiger charge is 2.32. The number of nitrogens with zero attached hydrogens (tertiary/aromatic N) is 1. The predicted molar refractivity (Wildman–Crippen MR) is 85.3 cm³/mol. The molecule has 2 aromatic rings. The molecule has 1 aromatic carbocycles. The summed E-state index contributed by atoms with van der Waals surface area (Å²) in [5.41, 5.74) is 0.691. The van der Waals surface area contributed by atoms with E-state index in [1.54, 1.807) is 12.1 Å². The molecule has 0 amide bonds. The van der Waals surface area contributed by atoms with Crippen LogP contribution in [0.5, 0.6) is 0 Å². The van der Waals surface area contributed by atoms with E-state index in [2.05, 4.69) is 10.3 Å². The van der Waals surface area contributed by atoms with Crippen molar-refractivity contribution < 1.29 is 22.7 Å². The van der Waals surface area contributed by atoms with Gasteiger partial charge in [0.05, 0.1) is 12.7 Å². The van der Waals surface area contributed by atoms with Gasteiger partial charge in [-0.1, -0.05) is 24.3 Å². The van der Waals surface area contributed by atoms with E-state index in [9.17, 15) is 18.0 Å². The van der Waals surface area contributed by atoms with Crippen molar-refractivity contribution in [3.63, 3.8) is 0 Å². The third kappa shape index (κ3) is 4.43. The molecule has 1 N–H and O–H groups in total. The van der Waals surface area contributed by atoms with Gasteiger partial charge in [-0.2, -0.15) is 13.2 Å².